The first-order valence-corrected chi connectivity index (χ1v) is 10.5. The predicted molar refractivity (Wildman–Crippen MR) is 142 cm³/mol. The van der Waals surface area contributed by atoms with Crippen molar-refractivity contribution in [3.8, 4) is 17.2 Å². The number of guanidine groups is 1. The molecule has 8 heteroatoms. The smallest absolute Gasteiger partial charge is 0.203 e. The lowest BCUT2D eigenvalue weighted by Crippen LogP contribution is -2.46. The van der Waals surface area contributed by atoms with E-state index in [9.17, 15) is 0 Å². The summed E-state index contributed by atoms with van der Waals surface area (Å²) in [6.45, 7) is 4.11. The molecule has 0 radical (unpaired) electrons. The van der Waals surface area contributed by atoms with Crippen molar-refractivity contribution in [3.05, 3.63) is 53.6 Å². The number of aliphatic imine (C=N–C) groups is 1. The minimum atomic E-state index is 0. The molecule has 0 aromatic heterocycles. The summed E-state index contributed by atoms with van der Waals surface area (Å²) in [5.41, 5.74) is 2.29. The van der Waals surface area contributed by atoms with Crippen LogP contribution in [0.4, 0.5) is 0 Å². The Kier molecular flexibility index (Phi) is 12.9. The van der Waals surface area contributed by atoms with Crippen molar-refractivity contribution in [2.24, 2.45) is 4.99 Å². The van der Waals surface area contributed by atoms with Gasteiger partial charge in [-0.3, -0.25) is 0 Å². The molecule has 7 nitrogen and oxygen atoms in total. The Hall–Kier alpha value is -2.20. The van der Waals surface area contributed by atoms with E-state index < -0.39 is 0 Å². The van der Waals surface area contributed by atoms with Gasteiger partial charge in [-0.05, 0) is 50.7 Å². The first-order chi connectivity index (χ1) is 15.0. The largest absolute Gasteiger partial charge is 0.493 e. The molecule has 0 saturated heterocycles. The molecule has 1 unspecified atom stereocenters. The van der Waals surface area contributed by atoms with E-state index in [1.165, 1.54) is 5.56 Å². The predicted octanol–water partition coefficient (Wildman–Crippen LogP) is 3.56. The molecule has 0 amide bonds. The minimum absolute atomic E-state index is 0. The van der Waals surface area contributed by atoms with Crippen LogP contribution in [0.15, 0.2) is 47.5 Å². The summed E-state index contributed by atoms with van der Waals surface area (Å²) in [5, 5.41) is 6.81. The van der Waals surface area contributed by atoms with Gasteiger partial charge in [0.05, 0.1) is 27.9 Å². The van der Waals surface area contributed by atoms with Crippen molar-refractivity contribution in [1.29, 1.82) is 0 Å². The maximum atomic E-state index is 5.45. The third-order valence-electron chi connectivity index (χ3n) is 5.04. The highest BCUT2D eigenvalue weighted by atomic mass is 127. The molecule has 1 atom stereocenters. The van der Waals surface area contributed by atoms with Crippen LogP contribution >= 0.6 is 24.0 Å². The summed E-state index contributed by atoms with van der Waals surface area (Å²) < 4.78 is 16.3. The molecule has 0 saturated carbocycles. The molecule has 2 aromatic rings. The quantitative estimate of drug-likeness (QED) is 0.251. The topological polar surface area (TPSA) is 67.4 Å². The zero-order valence-electron chi connectivity index (χ0n) is 20.0. The van der Waals surface area contributed by atoms with Gasteiger partial charge in [0.2, 0.25) is 5.75 Å². The monoisotopic (exact) mass is 556 g/mol. The number of halogens is 1. The van der Waals surface area contributed by atoms with E-state index in [4.69, 9.17) is 19.2 Å². The average Bonchev–Trinajstić information content (AvgIpc) is 2.79. The van der Waals surface area contributed by atoms with Crippen molar-refractivity contribution >= 4 is 29.9 Å². The average molecular weight is 556 g/mol. The van der Waals surface area contributed by atoms with Crippen LogP contribution in [0.3, 0.4) is 0 Å². The third-order valence-corrected chi connectivity index (χ3v) is 5.04. The van der Waals surface area contributed by atoms with Gasteiger partial charge in [-0.2, -0.15) is 0 Å². The first-order valence-electron chi connectivity index (χ1n) is 10.5. The zero-order valence-corrected chi connectivity index (χ0v) is 22.3. The number of methoxy groups -OCH3 is 3. The Bertz CT molecular complexity index is 806. The molecule has 0 aliphatic carbocycles. The number of nitrogens with zero attached hydrogens (tertiary/aromatic N) is 2. The molecular formula is C24H37IN4O3. The highest BCUT2D eigenvalue weighted by Gasteiger charge is 2.15. The second-order valence-electron chi connectivity index (χ2n) is 7.42. The SMILES string of the molecule is CCNC(=NCc1cc(OC)c(OC)c(OC)c1)NCC(Cc1ccccc1)N(C)C.I. The summed E-state index contributed by atoms with van der Waals surface area (Å²) in [6, 6.07) is 14.7. The number of hydrogen-bond acceptors (Lipinski definition) is 5. The van der Waals surface area contributed by atoms with E-state index in [2.05, 4.69) is 60.8 Å². The Balaban J connectivity index is 0.00000512. The summed E-state index contributed by atoms with van der Waals surface area (Å²) >= 11 is 0. The molecule has 0 spiro atoms. The lowest BCUT2D eigenvalue weighted by Gasteiger charge is -2.25. The van der Waals surface area contributed by atoms with Gasteiger partial charge >= 0.3 is 0 Å². The summed E-state index contributed by atoms with van der Waals surface area (Å²) in [7, 11) is 9.04. The molecule has 178 valence electrons. The van der Waals surface area contributed by atoms with Crippen molar-refractivity contribution in [1.82, 2.24) is 15.5 Å². The maximum absolute atomic E-state index is 5.45. The van der Waals surface area contributed by atoms with Crippen LogP contribution in [-0.4, -0.2) is 65.4 Å². The Morgan fingerprint density at radius 3 is 2.06 bits per heavy atom. The van der Waals surface area contributed by atoms with Crippen LogP contribution in [0.25, 0.3) is 0 Å². The van der Waals surface area contributed by atoms with E-state index in [1.807, 2.05) is 18.2 Å². The highest BCUT2D eigenvalue weighted by Crippen LogP contribution is 2.38. The number of likely N-dealkylation sites (N-methyl/N-ethyl adjacent to an activating group) is 1. The van der Waals surface area contributed by atoms with Gasteiger partial charge in [0, 0.05) is 19.1 Å². The van der Waals surface area contributed by atoms with Crippen molar-refractivity contribution in [3.63, 3.8) is 0 Å². The van der Waals surface area contributed by atoms with Crippen LogP contribution in [0.2, 0.25) is 0 Å². The number of nitrogens with one attached hydrogen (secondary N) is 2. The molecule has 0 fully saturated rings. The lowest BCUT2D eigenvalue weighted by molar-refractivity contribution is 0.290. The summed E-state index contributed by atoms with van der Waals surface area (Å²) in [4.78, 5) is 6.99. The minimum Gasteiger partial charge on any atom is -0.493 e. The van der Waals surface area contributed by atoms with Crippen LogP contribution in [-0.2, 0) is 13.0 Å². The van der Waals surface area contributed by atoms with E-state index in [0.29, 0.717) is 29.8 Å². The van der Waals surface area contributed by atoms with E-state index in [1.54, 1.807) is 21.3 Å². The van der Waals surface area contributed by atoms with Crippen LogP contribution in [0.5, 0.6) is 17.2 Å². The number of benzene rings is 2. The Morgan fingerprint density at radius 1 is 0.938 bits per heavy atom. The van der Waals surface area contributed by atoms with Crippen molar-refractivity contribution in [2.75, 3.05) is 48.5 Å². The van der Waals surface area contributed by atoms with Gasteiger partial charge in [0.25, 0.3) is 0 Å². The van der Waals surface area contributed by atoms with Gasteiger partial charge in [-0.15, -0.1) is 24.0 Å². The Morgan fingerprint density at radius 2 is 1.56 bits per heavy atom. The van der Waals surface area contributed by atoms with Gasteiger partial charge in [-0.25, -0.2) is 4.99 Å². The molecule has 0 heterocycles. The van der Waals surface area contributed by atoms with Gasteiger partial charge in [0.15, 0.2) is 17.5 Å². The molecule has 2 N–H and O–H groups in total. The van der Waals surface area contributed by atoms with Crippen molar-refractivity contribution < 1.29 is 14.2 Å². The highest BCUT2D eigenvalue weighted by molar-refractivity contribution is 14.0. The summed E-state index contributed by atoms with van der Waals surface area (Å²) in [5.74, 6) is 2.61. The molecule has 2 aromatic carbocycles. The molecular weight excluding hydrogens is 519 g/mol. The van der Waals surface area contributed by atoms with Gasteiger partial charge in [-0.1, -0.05) is 30.3 Å². The normalized spacial score (nSPS) is 12.0. The molecule has 32 heavy (non-hydrogen) atoms. The van der Waals surface area contributed by atoms with E-state index >= 15 is 0 Å². The fraction of sp³-hybridized carbons (Fsp3) is 0.458. The lowest BCUT2D eigenvalue weighted by atomic mass is 10.1. The van der Waals surface area contributed by atoms with E-state index in [0.717, 1.165) is 31.0 Å². The molecule has 0 aliphatic heterocycles. The molecule has 0 bridgehead atoms. The van der Waals surface area contributed by atoms with Crippen molar-refractivity contribution in [2.45, 2.75) is 25.9 Å². The van der Waals surface area contributed by atoms with Crippen LogP contribution in [0, 0.1) is 0 Å². The zero-order chi connectivity index (χ0) is 22.6. The second-order valence-corrected chi connectivity index (χ2v) is 7.42. The molecule has 0 aliphatic rings. The number of ether oxygens (including phenoxy) is 3. The summed E-state index contributed by atoms with van der Waals surface area (Å²) in [6.07, 6.45) is 0.965. The second kappa shape index (κ2) is 14.8. The fourth-order valence-corrected chi connectivity index (χ4v) is 3.28. The van der Waals surface area contributed by atoms with Gasteiger partial charge in [0.1, 0.15) is 0 Å². The van der Waals surface area contributed by atoms with Crippen LogP contribution in [0.1, 0.15) is 18.1 Å². The van der Waals surface area contributed by atoms with E-state index in [-0.39, 0.29) is 24.0 Å². The number of hydrogen-bond donors (Lipinski definition) is 2. The van der Waals surface area contributed by atoms with Crippen LogP contribution < -0.4 is 24.8 Å². The fourth-order valence-electron chi connectivity index (χ4n) is 3.28. The third kappa shape index (κ3) is 8.38. The Labute approximate surface area is 209 Å². The standard InChI is InChI=1S/C24H36N4O3.HI/c1-7-25-24(27-17-20(28(2)3)13-18-11-9-8-10-12-18)26-16-19-14-21(29-4)23(31-6)22(15-19)30-5;/h8-12,14-15,20H,7,13,16-17H2,1-6H3,(H2,25,26,27);1H. The number of rotatable bonds is 11. The van der Waals surface area contributed by atoms with Gasteiger partial charge < -0.3 is 29.7 Å². The maximum Gasteiger partial charge on any atom is 0.203 e. The first kappa shape index (κ1) is 27.8. The molecule has 2 rings (SSSR count).